The lowest BCUT2D eigenvalue weighted by atomic mass is 9.73. The summed E-state index contributed by atoms with van der Waals surface area (Å²) < 4.78 is 5.64. The van der Waals surface area contributed by atoms with Gasteiger partial charge in [-0.15, -0.1) is 0 Å². The number of fused-ring (bicyclic) bond motifs is 5. The number of aromatic amines is 2. The van der Waals surface area contributed by atoms with Crippen molar-refractivity contribution in [1.82, 2.24) is 15.3 Å². The van der Waals surface area contributed by atoms with Crippen molar-refractivity contribution in [2.45, 2.75) is 31.2 Å². The molecule has 1 aromatic heterocycles. The lowest BCUT2D eigenvalue weighted by molar-refractivity contribution is 0.377. The van der Waals surface area contributed by atoms with E-state index in [1.54, 1.807) is 7.11 Å². The molecule has 3 atom stereocenters. The van der Waals surface area contributed by atoms with Crippen LogP contribution in [-0.2, 0) is 6.42 Å². The van der Waals surface area contributed by atoms with E-state index >= 15 is 0 Å². The minimum absolute atomic E-state index is 0.362. The van der Waals surface area contributed by atoms with Gasteiger partial charge in [0.15, 0.2) is 0 Å². The number of nitrogens with one attached hydrogen (secondary N) is 4. The molecule has 32 heavy (non-hydrogen) atoms. The van der Waals surface area contributed by atoms with Crippen molar-refractivity contribution in [2.24, 2.45) is 5.92 Å². The average Bonchev–Trinajstić information content (AvgIpc) is 3.39. The van der Waals surface area contributed by atoms with Crippen LogP contribution in [0.5, 0.6) is 5.75 Å². The Bertz CT molecular complexity index is 1310. The number of methoxy groups -OCH3 is 1. The summed E-state index contributed by atoms with van der Waals surface area (Å²) in [6.07, 6.45) is 3.30. The molecule has 0 saturated carbocycles. The van der Waals surface area contributed by atoms with Crippen molar-refractivity contribution in [2.75, 3.05) is 37.1 Å². The van der Waals surface area contributed by atoms with Gasteiger partial charge in [-0.2, -0.15) is 0 Å². The summed E-state index contributed by atoms with van der Waals surface area (Å²) >= 11 is 0. The van der Waals surface area contributed by atoms with Crippen LogP contribution in [-0.4, -0.2) is 42.9 Å². The Morgan fingerprint density at radius 1 is 1.19 bits per heavy atom. The molecule has 1 saturated heterocycles. The molecule has 2 aromatic carbocycles. The monoisotopic (exact) mass is 433 g/mol. The SMILES string of the molecule is COc1cccc2c1CC[C@H]1CNC(CCN3CNc4cc5c(=O)[nH]c(=O)[nH]c5cc43)[C@@H]21. The van der Waals surface area contributed by atoms with Crippen LogP contribution < -0.4 is 31.5 Å². The standard InChI is InChI=1S/C24H27N5O3/c1-32-21-4-2-3-15-14(21)6-5-13-11-25-17(22(13)15)7-8-29-12-26-19-9-16-18(10-20(19)29)27-24(31)28-23(16)30/h2-4,9-10,13,17,22,25-26H,5-8,11-12H2,1H3,(H2,27,28,30,31)/t13-,17?,22+/m0/s1. The Kier molecular flexibility index (Phi) is 4.50. The van der Waals surface area contributed by atoms with Crippen molar-refractivity contribution in [3.63, 3.8) is 0 Å². The van der Waals surface area contributed by atoms with Gasteiger partial charge in [0, 0.05) is 18.5 Å². The van der Waals surface area contributed by atoms with Crippen molar-refractivity contribution in [1.29, 1.82) is 0 Å². The smallest absolute Gasteiger partial charge is 0.326 e. The molecule has 166 valence electrons. The third-order valence-electron chi connectivity index (χ3n) is 7.46. The first-order chi connectivity index (χ1) is 15.6. The van der Waals surface area contributed by atoms with E-state index in [-0.39, 0.29) is 5.56 Å². The highest BCUT2D eigenvalue weighted by Gasteiger charge is 2.41. The third kappa shape index (κ3) is 3.01. The molecule has 0 radical (unpaired) electrons. The van der Waals surface area contributed by atoms with Crippen molar-refractivity contribution in [3.05, 3.63) is 62.3 Å². The van der Waals surface area contributed by atoms with Crippen molar-refractivity contribution < 1.29 is 4.74 Å². The Hall–Kier alpha value is -3.26. The molecule has 6 rings (SSSR count). The molecular weight excluding hydrogens is 406 g/mol. The number of benzene rings is 2. The molecule has 1 aliphatic carbocycles. The van der Waals surface area contributed by atoms with Gasteiger partial charge in [-0.05, 0) is 61.1 Å². The van der Waals surface area contributed by atoms with Crippen molar-refractivity contribution >= 4 is 22.3 Å². The predicted molar refractivity (Wildman–Crippen MR) is 125 cm³/mol. The normalized spacial score (nSPS) is 23.5. The zero-order valence-corrected chi connectivity index (χ0v) is 18.0. The summed E-state index contributed by atoms with van der Waals surface area (Å²) in [7, 11) is 1.76. The molecule has 8 heteroatoms. The molecule has 8 nitrogen and oxygen atoms in total. The van der Waals surface area contributed by atoms with E-state index in [9.17, 15) is 9.59 Å². The summed E-state index contributed by atoms with van der Waals surface area (Å²) in [6, 6.07) is 10.6. The zero-order chi connectivity index (χ0) is 21.8. The first kappa shape index (κ1) is 19.4. The Morgan fingerprint density at radius 2 is 2.09 bits per heavy atom. The van der Waals surface area contributed by atoms with Gasteiger partial charge in [-0.1, -0.05) is 12.1 Å². The molecule has 3 heterocycles. The van der Waals surface area contributed by atoms with E-state index in [2.05, 4.69) is 43.7 Å². The van der Waals surface area contributed by atoms with Crippen LogP contribution in [0.3, 0.4) is 0 Å². The average molecular weight is 434 g/mol. The molecule has 0 amide bonds. The number of anilines is 2. The van der Waals surface area contributed by atoms with Crippen LogP contribution in [0.4, 0.5) is 11.4 Å². The Morgan fingerprint density at radius 3 is 2.97 bits per heavy atom. The fourth-order valence-corrected chi connectivity index (χ4v) is 5.97. The van der Waals surface area contributed by atoms with Gasteiger partial charge in [0.05, 0.1) is 36.1 Å². The first-order valence-electron chi connectivity index (χ1n) is 11.3. The van der Waals surface area contributed by atoms with Gasteiger partial charge in [0.2, 0.25) is 0 Å². The lowest BCUT2D eigenvalue weighted by Crippen LogP contribution is -2.34. The molecule has 1 fully saturated rings. The second kappa shape index (κ2) is 7.41. The first-order valence-corrected chi connectivity index (χ1v) is 11.3. The number of hydrogen-bond donors (Lipinski definition) is 4. The fraction of sp³-hybridized carbons (Fsp3) is 0.417. The van der Waals surface area contributed by atoms with E-state index in [1.165, 1.54) is 17.5 Å². The van der Waals surface area contributed by atoms with Crippen LogP contribution in [0.15, 0.2) is 39.9 Å². The van der Waals surface area contributed by atoms with E-state index < -0.39 is 5.69 Å². The van der Waals surface area contributed by atoms with E-state index in [0.717, 1.165) is 43.1 Å². The van der Waals surface area contributed by atoms with Crippen LogP contribution in [0.1, 0.15) is 29.9 Å². The largest absolute Gasteiger partial charge is 0.496 e. The highest BCUT2D eigenvalue weighted by Crippen LogP contribution is 2.45. The number of ether oxygens (including phenoxy) is 1. The minimum atomic E-state index is -0.479. The number of H-pyrrole nitrogens is 2. The van der Waals surface area contributed by atoms with Crippen LogP contribution in [0.25, 0.3) is 10.9 Å². The highest BCUT2D eigenvalue weighted by atomic mass is 16.5. The topological polar surface area (TPSA) is 102 Å². The summed E-state index contributed by atoms with van der Waals surface area (Å²) in [4.78, 5) is 31.2. The molecule has 1 unspecified atom stereocenters. The number of nitrogens with zero attached hydrogens (tertiary/aromatic N) is 1. The molecular formula is C24H27N5O3. The summed E-state index contributed by atoms with van der Waals surface area (Å²) in [5.74, 6) is 2.19. The van der Waals surface area contributed by atoms with Gasteiger partial charge >= 0.3 is 5.69 Å². The van der Waals surface area contributed by atoms with E-state index in [1.807, 2.05) is 12.1 Å². The van der Waals surface area contributed by atoms with Crippen LogP contribution >= 0.6 is 0 Å². The maximum absolute atomic E-state index is 12.1. The summed E-state index contributed by atoms with van der Waals surface area (Å²) in [5.41, 5.74) is 4.50. The van der Waals surface area contributed by atoms with Gasteiger partial charge in [0.1, 0.15) is 5.75 Å². The Labute approximate surface area is 185 Å². The molecule has 0 bridgehead atoms. The molecule has 0 spiro atoms. The molecule has 3 aromatic rings. The quantitative estimate of drug-likeness (QED) is 0.503. The maximum atomic E-state index is 12.1. The number of rotatable bonds is 4. The number of hydrogen-bond acceptors (Lipinski definition) is 6. The van der Waals surface area contributed by atoms with Crippen molar-refractivity contribution in [3.8, 4) is 5.75 Å². The van der Waals surface area contributed by atoms with Gasteiger partial charge in [-0.3, -0.25) is 9.78 Å². The van der Waals surface area contributed by atoms with Gasteiger partial charge in [-0.25, -0.2) is 4.79 Å². The van der Waals surface area contributed by atoms with Gasteiger partial charge < -0.3 is 25.3 Å². The minimum Gasteiger partial charge on any atom is -0.496 e. The van der Waals surface area contributed by atoms with Gasteiger partial charge in [0.25, 0.3) is 5.56 Å². The summed E-state index contributed by atoms with van der Waals surface area (Å²) in [6.45, 7) is 2.65. The Balaban J connectivity index is 1.25. The van der Waals surface area contributed by atoms with E-state index in [0.29, 0.717) is 35.4 Å². The zero-order valence-electron chi connectivity index (χ0n) is 18.0. The van der Waals surface area contributed by atoms with E-state index in [4.69, 9.17) is 4.74 Å². The van der Waals surface area contributed by atoms with Crippen LogP contribution in [0, 0.1) is 5.92 Å². The highest BCUT2D eigenvalue weighted by molar-refractivity contribution is 5.91. The second-order valence-electron chi connectivity index (χ2n) is 9.08. The molecule has 3 aliphatic rings. The van der Waals surface area contributed by atoms with Crippen LogP contribution in [0.2, 0.25) is 0 Å². The molecule has 4 N–H and O–H groups in total. The number of aromatic nitrogens is 2. The second-order valence-corrected chi connectivity index (χ2v) is 9.08. The molecule has 2 aliphatic heterocycles. The maximum Gasteiger partial charge on any atom is 0.326 e. The lowest BCUT2D eigenvalue weighted by Gasteiger charge is -2.32. The third-order valence-corrected chi connectivity index (χ3v) is 7.46. The fourth-order valence-electron chi connectivity index (χ4n) is 5.97. The predicted octanol–water partition coefficient (Wildman–Crippen LogP) is 2.12. The summed E-state index contributed by atoms with van der Waals surface area (Å²) in [5, 5.41) is 7.67.